The number of hydrogen-bond acceptors (Lipinski definition) is 5. The number of carbonyl (C=O) groups excluding carboxylic acids is 1. The molecule has 0 saturated carbocycles. The highest BCUT2D eigenvalue weighted by atomic mass is 16.5. The first-order chi connectivity index (χ1) is 6.17. The number of esters is 1. The second-order valence-electron chi connectivity index (χ2n) is 2.51. The van der Waals surface area contributed by atoms with E-state index in [1.165, 1.54) is 7.11 Å². The van der Waals surface area contributed by atoms with Crippen LogP contribution in [0, 0.1) is 6.92 Å². The molecule has 5 heteroatoms. The summed E-state index contributed by atoms with van der Waals surface area (Å²) in [6.45, 7) is 1.99. The Bertz CT molecular complexity index is 325. The molecular weight excluding hydrogens is 170 g/mol. The van der Waals surface area contributed by atoms with Crippen LogP contribution in [0.5, 0.6) is 0 Å². The number of methoxy groups -OCH3 is 1. The third-order valence-corrected chi connectivity index (χ3v) is 1.48. The Morgan fingerprint density at radius 3 is 2.85 bits per heavy atom. The van der Waals surface area contributed by atoms with Crippen molar-refractivity contribution in [3.8, 4) is 0 Å². The van der Waals surface area contributed by atoms with Gasteiger partial charge < -0.3 is 10.5 Å². The van der Waals surface area contributed by atoms with Gasteiger partial charge in [-0.3, -0.25) is 0 Å². The monoisotopic (exact) mass is 181 g/mol. The fourth-order valence-electron chi connectivity index (χ4n) is 0.930. The molecule has 1 aromatic rings. The van der Waals surface area contributed by atoms with Crippen LogP contribution in [0.1, 0.15) is 22.0 Å². The molecule has 1 rings (SSSR count). The molecule has 0 aliphatic heterocycles. The second-order valence-corrected chi connectivity index (χ2v) is 2.51. The molecule has 0 radical (unpaired) electrons. The maximum absolute atomic E-state index is 11.1. The van der Waals surface area contributed by atoms with E-state index in [0.717, 1.165) is 0 Å². The smallest absolute Gasteiger partial charge is 0.356 e. The van der Waals surface area contributed by atoms with Crippen LogP contribution < -0.4 is 5.73 Å². The number of nitrogens with two attached hydrogens (primary N) is 1. The highest BCUT2D eigenvalue weighted by Gasteiger charge is 2.09. The van der Waals surface area contributed by atoms with Gasteiger partial charge in [-0.2, -0.15) is 0 Å². The molecule has 0 amide bonds. The van der Waals surface area contributed by atoms with Gasteiger partial charge >= 0.3 is 5.97 Å². The summed E-state index contributed by atoms with van der Waals surface area (Å²) in [5.74, 6) is -0.0272. The molecule has 0 saturated heterocycles. The summed E-state index contributed by atoms with van der Waals surface area (Å²) in [6, 6.07) is 1.56. The minimum atomic E-state index is -0.472. The number of nitrogens with zero attached hydrogens (tertiary/aromatic N) is 2. The molecule has 1 heterocycles. The molecule has 70 valence electrons. The maximum atomic E-state index is 11.1. The molecule has 0 spiro atoms. The van der Waals surface area contributed by atoms with Gasteiger partial charge in [0.05, 0.1) is 13.7 Å². The Balaban J connectivity index is 3.08. The largest absolute Gasteiger partial charge is 0.464 e. The van der Waals surface area contributed by atoms with E-state index in [1.807, 2.05) is 0 Å². The van der Waals surface area contributed by atoms with Crippen LogP contribution in [-0.2, 0) is 11.3 Å². The van der Waals surface area contributed by atoms with E-state index < -0.39 is 5.97 Å². The summed E-state index contributed by atoms with van der Waals surface area (Å²) in [4.78, 5) is 19.0. The predicted octanol–water partition coefficient (Wildman–Crippen LogP) is 0.0303. The van der Waals surface area contributed by atoms with E-state index in [4.69, 9.17) is 5.73 Å². The van der Waals surface area contributed by atoms with Gasteiger partial charge in [0.15, 0.2) is 5.69 Å². The van der Waals surface area contributed by atoms with Crippen molar-refractivity contribution in [3.05, 3.63) is 23.3 Å². The van der Waals surface area contributed by atoms with Crippen molar-refractivity contribution in [1.29, 1.82) is 0 Å². The number of carbonyl (C=O) groups is 1. The van der Waals surface area contributed by atoms with Crippen molar-refractivity contribution >= 4 is 5.97 Å². The molecule has 0 aromatic carbocycles. The summed E-state index contributed by atoms with van der Waals surface area (Å²) in [7, 11) is 1.31. The molecule has 5 nitrogen and oxygen atoms in total. The topological polar surface area (TPSA) is 78.1 Å². The number of aromatic nitrogens is 2. The Kier molecular flexibility index (Phi) is 2.92. The van der Waals surface area contributed by atoms with Crippen molar-refractivity contribution in [2.75, 3.05) is 7.11 Å². The van der Waals surface area contributed by atoms with E-state index in [1.54, 1.807) is 13.0 Å². The summed E-state index contributed by atoms with van der Waals surface area (Å²) < 4.78 is 4.52. The summed E-state index contributed by atoms with van der Waals surface area (Å²) in [5.41, 5.74) is 6.30. The van der Waals surface area contributed by atoms with Crippen LogP contribution in [0.15, 0.2) is 6.07 Å². The molecule has 0 atom stereocenters. The average molecular weight is 181 g/mol. The maximum Gasteiger partial charge on any atom is 0.356 e. The predicted molar refractivity (Wildman–Crippen MR) is 46.0 cm³/mol. The van der Waals surface area contributed by atoms with E-state index >= 15 is 0 Å². The van der Waals surface area contributed by atoms with Crippen LogP contribution in [0.2, 0.25) is 0 Å². The first kappa shape index (κ1) is 9.60. The van der Waals surface area contributed by atoms with Crippen molar-refractivity contribution in [2.24, 2.45) is 5.73 Å². The minimum Gasteiger partial charge on any atom is -0.464 e. The molecule has 13 heavy (non-hydrogen) atoms. The van der Waals surface area contributed by atoms with E-state index in [9.17, 15) is 4.79 Å². The fourth-order valence-corrected chi connectivity index (χ4v) is 0.930. The molecule has 0 aliphatic rings. The number of aryl methyl sites for hydroxylation is 1. The van der Waals surface area contributed by atoms with Crippen molar-refractivity contribution in [2.45, 2.75) is 13.5 Å². The number of rotatable bonds is 2. The van der Waals surface area contributed by atoms with Crippen LogP contribution >= 0.6 is 0 Å². The lowest BCUT2D eigenvalue weighted by molar-refractivity contribution is 0.0593. The Labute approximate surface area is 75.9 Å². The highest BCUT2D eigenvalue weighted by Crippen LogP contribution is 2.01. The standard InChI is InChI=1S/C8H11N3O2/c1-5-3-6(8(12)13-2)11-7(4-9)10-5/h3H,4,9H2,1-2H3. The van der Waals surface area contributed by atoms with Gasteiger partial charge in [-0.05, 0) is 13.0 Å². The van der Waals surface area contributed by atoms with Gasteiger partial charge in [0, 0.05) is 5.69 Å². The lowest BCUT2D eigenvalue weighted by Gasteiger charge is -2.01. The first-order valence-electron chi connectivity index (χ1n) is 3.80. The molecule has 0 unspecified atom stereocenters. The number of ether oxygens (including phenoxy) is 1. The van der Waals surface area contributed by atoms with Gasteiger partial charge in [-0.15, -0.1) is 0 Å². The normalized spacial score (nSPS) is 9.77. The third kappa shape index (κ3) is 2.22. The van der Waals surface area contributed by atoms with Gasteiger partial charge in [0.25, 0.3) is 0 Å². The lowest BCUT2D eigenvalue weighted by atomic mass is 10.3. The summed E-state index contributed by atoms with van der Waals surface area (Å²) in [5, 5.41) is 0. The molecule has 0 aliphatic carbocycles. The molecule has 0 fully saturated rings. The van der Waals surface area contributed by atoms with E-state index in [2.05, 4.69) is 14.7 Å². The number of hydrogen-bond donors (Lipinski definition) is 1. The SMILES string of the molecule is COC(=O)c1cc(C)nc(CN)n1. The first-order valence-corrected chi connectivity index (χ1v) is 3.80. The van der Waals surface area contributed by atoms with Crippen molar-refractivity contribution in [3.63, 3.8) is 0 Å². The summed E-state index contributed by atoms with van der Waals surface area (Å²) in [6.07, 6.45) is 0. The van der Waals surface area contributed by atoms with Crippen LogP contribution in [0.4, 0.5) is 0 Å². The second kappa shape index (κ2) is 3.95. The Morgan fingerprint density at radius 2 is 2.31 bits per heavy atom. The third-order valence-electron chi connectivity index (χ3n) is 1.48. The highest BCUT2D eigenvalue weighted by molar-refractivity contribution is 5.87. The van der Waals surface area contributed by atoms with Crippen LogP contribution in [0.25, 0.3) is 0 Å². The van der Waals surface area contributed by atoms with Crippen molar-refractivity contribution < 1.29 is 9.53 Å². The van der Waals surface area contributed by atoms with E-state index in [0.29, 0.717) is 11.5 Å². The lowest BCUT2D eigenvalue weighted by Crippen LogP contribution is -2.11. The van der Waals surface area contributed by atoms with Gasteiger partial charge in [0.1, 0.15) is 5.82 Å². The molecule has 2 N–H and O–H groups in total. The summed E-state index contributed by atoms with van der Waals surface area (Å²) >= 11 is 0. The fraction of sp³-hybridized carbons (Fsp3) is 0.375. The van der Waals surface area contributed by atoms with Crippen LogP contribution in [0.3, 0.4) is 0 Å². The van der Waals surface area contributed by atoms with Gasteiger partial charge in [-0.25, -0.2) is 14.8 Å². The van der Waals surface area contributed by atoms with Gasteiger partial charge in [0.2, 0.25) is 0 Å². The minimum absolute atomic E-state index is 0.214. The zero-order chi connectivity index (χ0) is 9.84. The molecular formula is C8H11N3O2. The Hall–Kier alpha value is -1.49. The Morgan fingerprint density at radius 1 is 1.62 bits per heavy atom. The zero-order valence-corrected chi connectivity index (χ0v) is 7.57. The van der Waals surface area contributed by atoms with E-state index in [-0.39, 0.29) is 12.2 Å². The average Bonchev–Trinajstić information content (AvgIpc) is 2.15. The van der Waals surface area contributed by atoms with Gasteiger partial charge in [-0.1, -0.05) is 0 Å². The molecule has 1 aromatic heterocycles. The van der Waals surface area contributed by atoms with Crippen molar-refractivity contribution in [1.82, 2.24) is 9.97 Å². The zero-order valence-electron chi connectivity index (χ0n) is 7.57. The quantitative estimate of drug-likeness (QED) is 0.651. The van der Waals surface area contributed by atoms with Crippen LogP contribution in [-0.4, -0.2) is 23.0 Å². The molecule has 0 bridgehead atoms.